The Morgan fingerprint density at radius 3 is 2.68 bits per heavy atom. The van der Waals surface area contributed by atoms with E-state index in [9.17, 15) is 19.3 Å². The highest BCUT2D eigenvalue weighted by molar-refractivity contribution is 6.31. The van der Waals surface area contributed by atoms with Gasteiger partial charge in [-0.1, -0.05) is 17.7 Å². The predicted molar refractivity (Wildman–Crippen MR) is 90.2 cm³/mol. The Hall–Kier alpha value is -2.87. The van der Waals surface area contributed by atoms with Crippen LogP contribution in [0.4, 0.5) is 15.8 Å². The zero-order chi connectivity index (χ0) is 18.6. The molecule has 0 saturated heterocycles. The number of hydrogen-bond acceptors (Lipinski definition) is 5. The monoisotopic (exact) mass is 368 g/mol. The van der Waals surface area contributed by atoms with Crippen LogP contribution in [0.25, 0.3) is 0 Å². The van der Waals surface area contributed by atoms with Crippen LogP contribution in [0.5, 0.6) is 11.5 Å². The van der Waals surface area contributed by atoms with Crippen LogP contribution in [0, 0.1) is 15.9 Å². The molecule has 0 spiro atoms. The molecule has 0 aromatic heterocycles. The maximum absolute atomic E-state index is 13.9. The number of nitro benzene ring substituents is 1. The molecule has 0 aliphatic rings. The van der Waals surface area contributed by atoms with Crippen molar-refractivity contribution in [2.75, 3.05) is 19.0 Å². The fourth-order valence-electron chi connectivity index (χ4n) is 2.10. The minimum absolute atomic E-state index is 0.127. The normalized spacial score (nSPS) is 10.2. The number of amides is 1. The van der Waals surface area contributed by atoms with Crippen LogP contribution in [0.15, 0.2) is 30.3 Å². The average molecular weight is 369 g/mol. The first-order chi connectivity index (χ1) is 11.9. The molecule has 0 aliphatic carbocycles. The smallest absolute Gasteiger partial charge is 0.286 e. The summed E-state index contributed by atoms with van der Waals surface area (Å²) in [7, 11) is 1.34. The summed E-state index contributed by atoms with van der Waals surface area (Å²) in [5, 5.41) is 13.4. The van der Waals surface area contributed by atoms with Crippen molar-refractivity contribution in [3.8, 4) is 11.5 Å². The van der Waals surface area contributed by atoms with Crippen LogP contribution in [-0.2, 0) is 0 Å². The Morgan fingerprint density at radius 2 is 2.08 bits per heavy atom. The predicted octanol–water partition coefficient (Wildman–Crippen LogP) is 4.05. The van der Waals surface area contributed by atoms with Crippen LogP contribution in [0.3, 0.4) is 0 Å². The van der Waals surface area contributed by atoms with Crippen molar-refractivity contribution in [1.29, 1.82) is 0 Å². The summed E-state index contributed by atoms with van der Waals surface area (Å²) in [4.78, 5) is 23.0. The third-order valence-electron chi connectivity index (χ3n) is 3.22. The Labute approximate surface area is 147 Å². The Balaban J connectivity index is 2.47. The van der Waals surface area contributed by atoms with Crippen molar-refractivity contribution in [2.24, 2.45) is 0 Å². The van der Waals surface area contributed by atoms with Crippen LogP contribution >= 0.6 is 11.6 Å². The molecular weight excluding hydrogens is 355 g/mol. The number of halogens is 2. The summed E-state index contributed by atoms with van der Waals surface area (Å²) in [6.07, 6.45) is 0. The molecule has 0 saturated carbocycles. The number of anilines is 1. The van der Waals surface area contributed by atoms with Crippen molar-refractivity contribution in [2.45, 2.75) is 6.92 Å². The SMILES string of the molecule is CCOc1cc([N+](=O)[O-])c(C(=O)Nc2cccc(Cl)c2F)cc1OC. The summed E-state index contributed by atoms with van der Waals surface area (Å²) in [5.41, 5.74) is -0.992. The molecule has 0 fully saturated rings. The number of nitro groups is 1. The average Bonchev–Trinajstić information content (AvgIpc) is 2.58. The molecule has 25 heavy (non-hydrogen) atoms. The molecule has 2 aromatic rings. The van der Waals surface area contributed by atoms with Gasteiger partial charge in [-0.15, -0.1) is 0 Å². The molecule has 2 rings (SSSR count). The van der Waals surface area contributed by atoms with Crippen molar-refractivity contribution in [3.63, 3.8) is 0 Å². The molecule has 2 aromatic carbocycles. The number of nitrogens with one attached hydrogen (secondary N) is 1. The van der Waals surface area contributed by atoms with Crippen LogP contribution in [0.1, 0.15) is 17.3 Å². The van der Waals surface area contributed by atoms with E-state index in [1.54, 1.807) is 6.92 Å². The molecule has 1 N–H and O–H groups in total. The largest absolute Gasteiger partial charge is 0.493 e. The molecule has 0 atom stereocenters. The highest BCUT2D eigenvalue weighted by Crippen LogP contribution is 2.35. The van der Waals surface area contributed by atoms with Crippen molar-refractivity contribution in [1.82, 2.24) is 0 Å². The van der Waals surface area contributed by atoms with E-state index in [1.807, 2.05) is 0 Å². The molecule has 132 valence electrons. The lowest BCUT2D eigenvalue weighted by Gasteiger charge is -2.12. The quantitative estimate of drug-likeness (QED) is 0.613. The lowest BCUT2D eigenvalue weighted by atomic mass is 10.1. The van der Waals surface area contributed by atoms with E-state index >= 15 is 0 Å². The van der Waals surface area contributed by atoms with E-state index in [1.165, 1.54) is 31.4 Å². The summed E-state index contributed by atoms with van der Waals surface area (Å²) in [5.74, 6) is -1.45. The van der Waals surface area contributed by atoms with E-state index < -0.39 is 22.3 Å². The number of rotatable bonds is 6. The van der Waals surface area contributed by atoms with Gasteiger partial charge in [0, 0.05) is 6.07 Å². The van der Waals surface area contributed by atoms with Gasteiger partial charge in [-0.25, -0.2) is 4.39 Å². The van der Waals surface area contributed by atoms with E-state index in [4.69, 9.17) is 21.1 Å². The van der Waals surface area contributed by atoms with E-state index in [0.717, 1.165) is 6.07 Å². The first kappa shape index (κ1) is 18.5. The molecule has 0 bridgehead atoms. The van der Waals surface area contributed by atoms with Crippen LogP contribution in [-0.4, -0.2) is 24.5 Å². The molecule has 7 nitrogen and oxygen atoms in total. The van der Waals surface area contributed by atoms with E-state index in [-0.39, 0.29) is 34.4 Å². The number of ether oxygens (including phenoxy) is 2. The Kier molecular flexibility index (Phi) is 5.76. The molecule has 9 heteroatoms. The minimum atomic E-state index is -0.880. The maximum atomic E-state index is 13.9. The molecular formula is C16H14ClFN2O5. The van der Waals surface area contributed by atoms with Crippen molar-refractivity contribution in [3.05, 3.63) is 56.8 Å². The number of nitrogens with zero attached hydrogens (tertiary/aromatic N) is 1. The highest BCUT2D eigenvalue weighted by Gasteiger charge is 2.25. The summed E-state index contributed by atoms with van der Waals surface area (Å²) < 4.78 is 24.3. The maximum Gasteiger partial charge on any atom is 0.286 e. The van der Waals surface area contributed by atoms with Crippen LogP contribution in [0.2, 0.25) is 5.02 Å². The number of hydrogen-bond donors (Lipinski definition) is 1. The second-order valence-electron chi connectivity index (χ2n) is 4.77. The molecule has 0 aliphatic heterocycles. The Morgan fingerprint density at radius 1 is 1.36 bits per heavy atom. The summed E-state index contributed by atoms with van der Waals surface area (Å²) in [6, 6.07) is 6.30. The number of methoxy groups -OCH3 is 1. The zero-order valence-electron chi connectivity index (χ0n) is 13.3. The molecule has 0 radical (unpaired) electrons. The van der Waals surface area contributed by atoms with Gasteiger partial charge in [-0.2, -0.15) is 0 Å². The topological polar surface area (TPSA) is 90.7 Å². The van der Waals surface area contributed by atoms with E-state index in [0.29, 0.717) is 0 Å². The first-order valence-corrected chi connectivity index (χ1v) is 7.51. The van der Waals surface area contributed by atoms with Crippen molar-refractivity contribution < 1.29 is 23.6 Å². The van der Waals surface area contributed by atoms with Gasteiger partial charge in [-0.3, -0.25) is 14.9 Å². The van der Waals surface area contributed by atoms with Gasteiger partial charge in [0.05, 0.1) is 35.4 Å². The fraction of sp³-hybridized carbons (Fsp3) is 0.188. The second kappa shape index (κ2) is 7.80. The third-order valence-corrected chi connectivity index (χ3v) is 3.51. The fourth-order valence-corrected chi connectivity index (χ4v) is 2.27. The van der Waals surface area contributed by atoms with Gasteiger partial charge in [0.1, 0.15) is 5.56 Å². The lowest BCUT2D eigenvalue weighted by Crippen LogP contribution is -2.15. The lowest BCUT2D eigenvalue weighted by molar-refractivity contribution is -0.385. The number of carbonyl (C=O) groups is 1. The van der Waals surface area contributed by atoms with Gasteiger partial charge in [0.15, 0.2) is 17.3 Å². The van der Waals surface area contributed by atoms with Crippen LogP contribution < -0.4 is 14.8 Å². The second-order valence-corrected chi connectivity index (χ2v) is 5.17. The van der Waals surface area contributed by atoms with E-state index in [2.05, 4.69) is 5.32 Å². The zero-order valence-corrected chi connectivity index (χ0v) is 14.1. The van der Waals surface area contributed by atoms with Gasteiger partial charge in [0.2, 0.25) is 0 Å². The Bertz CT molecular complexity index is 828. The minimum Gasteiger partial charge on any atom is -0.493 e. The molecule has 1 amide bonds. The molecule has 0 heterocycles. The van der Waals surface area contributed by atoms with Gasteiger partial charge < -0.3 is 14.8 Å². The first-order valence-electron chi connectivity index (χ1n) is 7.13. The number of carbonyl (C=O) groups excluding carboxylic acids is 1. The molecule has 0 unspecified atom stereocenters. The summed E-state index contributed by atoms with van der Waals surface area (Å²) in [6.45, 7) is 1.96. The standard InChI is InChI=1S/C16H14ClFN2O5/c1-3-25-14-8-12(20(22)23)9(7-13(14)24-2)16(21)19-11-6-4-5-10(17)15(11)18/h4-8H,3H2,1-2H3,(H,19,21). The third kappa shape index (κ3) is 3.97. The van der Waals surface area contributed by atoms with Gasteiger partial charge >= 0.3 is 0 Å². The van der Waals surface area contributed by atoms with Gasteiger partial charge in [0.25, 0.3) is 11.6 Å². The number of benzene rings is 2. The summed E-state index contributed by atoms with van der Waals surface area (Å²) >= 11 is 5.66. The highest BCUT2D eigenvalue weighted by atomic mass is 35.5. The van der Waals surface area contributed by atoms with Crippen molar-refractivity contribution >= 4 is 28.9 Å². The van der Waals surface area contributed by atoms with Gasteiger partial charge in [-0.05, 0) is 19.1 Å².